The minimum Gasteiger partial charge on any atom is -0.494 e. The summed E-state index contributed by atoms with van der Waals surface area (Å²) in [4.78, 5) is 31.7. The summed E-state index contributed by atoms with van der Waals surface area (Å²) in [7, 11) is 1.51. The normalized spacial score (nSPS) is 11.3. The summed E-state index contributed by atoms with van der Waals surface area (Å²) >= 11 is 3.52. The highest BCUT2D eigenvalue weighted by molar-refractivity contribution is 9.10. The molecule has 0 spiro atoms. The highest BCUT2D eigenvalue weighted by Crippen LogP contribution is 2.36. The Balaban J connectivity index is 1.59. The standard InChI is InChI=1S/C37H37BrN4O5/c1-7-46-32-16-24(5)30(19-29(32)22(2)3)36-41-31-11-9-8-10-28(31)37(44)42(36)39-20-25-17-26(38)18-33(45-6)35(25)47-21-34(43)40-27-14-12-23(4)13-15-27/h8-20,22H,7,21H2,1-6H3,(H,40,43). The number of nitrogens with one attached hydrogen (secondary N) is 1. The molecule has 0 saturated carbocycles. The summed E-state index contributed by atoms with van der Waals surface area (Å²) in [5.74, 6) is 1.69. The van der Waals surface area contributed by atoms with Crippen LogP contribution in [-0.2, 0) is 4.79 Å². The van der Waals surface area contributed by atoms with Crippen molar-refractivity contribution in [2.24, 2.45) is 5.10 Å². The van der Waals surface area contributed by atoms with Gasteiger partial charge in [0.15, 0.2) is 23.9 Å². The SMILES string of the molecule is CCOc1cc(C)c(-c2nc3ccccc3c(=O)n2N=Cc2cc(Br)cc(OC)c2OCC(=O)Nc2ccc(C)cc2)cc1C(C)C. The predicted molar refractivity (Wildman–Crippen MR) is 190 cm³/mol. The molecule has 0 aliphatic heterocycles. The molecule has 0 aliphatic rings. The average Bonchev–Trinajstić information content (AvgIpc) is 3.04. The van der Waals surface area contributed by atoms with Crippen LogP contribution < -0.4 is 25.1 Å². The lowest BCUT2D eigenvalue weighted by Gasteiger charge is -2.18. The first-order valence-electron chi connectivity index (χ1n) is 15.3. The van der Waals surface area contributed by atoms with E-state index in [2.05, 4.69) is 40.2 Å². The third-order valence-corrected chi connectivity index (χ3v) is 7.99. The number of amides is 1. The van der Waals surface area contributed by atoms with Crippen molar-refractivity contribution in [3.05, 3.63) is 110 Å². The van der Waals surface area contributed by atoms with E-state index >= 15 is 0 Å². The first kappa shape index (κ1) is 33.4. The molecule has 0 aliphatic carbocycles. The van der Waals surface area contributed by atoms with E-state index in [9.17, 15) is 9.59 Å². The van der Waals surface area contributed by atoms with E-state index in [-0.39, 0.29) is 24.0 Å². The summed E-state index contributed by atoms with van der Waals surface area (Å²) < 4.78 is 19.5. The fourth-order valence-electron chi connectivity index (χ4n) is 5.16. The highest BCUT2D eigenvalue weighted by atomic mass is 79.9. The largest absolute Gasteiger partial charge is 0.494 e. The molecule has 4 aromatic carbocycles. The molecule has 47 heavy (non-hydrogen) atoms. The summed E-state index contributed by atoms with van der Waals surface area (Å²) in [6.07, 6.45) is 1.51. The Hall–Kier alpha value is -4.96. The van der Waals surface area contributed by atoms with Gasteiger partial charge in [0.2, 0.25) is 0 Å². The van der Waals surface area contributed by atoms with Gasteiger partial charge in [0.1, 0.15) is 5.75 Å². The number of nitrogens with zero attached hydrogens (tertiary/aromatic N) is 3. The van der Waals surface area contributed by atoms with Crippen molar-refractivity contribution in [2.45, 2.75) is 40.5 Å². The number of aryl methyl sites for hydroxylation is 2. The Morgan fingerprint density at radius 1 is 1.02 bits per heavy atom. The molecule has 242 valence electrons. The van der Waals surface area contributed by atoms with E-state index in [1.54, 1.807) is 24.3 Å². The van der Waals surface area contributed by atoms with Gasteiger partial charge in [0, 0.05) is 21.3 Å². The number of fused-ring (bicyclic) bond motifs is 1. The van der Waals surface area contributed by atoms with Crippen LogP contribution in [0.5, 0.6) is 17.2 Å². The first-order valence-corrected chi connectivity index (χ1v) is 16.1. The van der Waals surface area contributed by atoms with Crippen LogP contribution >= 0.6 is 15.9 Å². The Bertz CT molecular complexity index is 2020. The monoisotopic (exact) mass is 696 g/mol. The van der Waals surface area contributed by atoms with Gasteiger partial charge >= 0.3 is 0 Å². The van der Waals surface area contributed by atoms with Crippen molar-refractivity contribution in [1.82, 2.24) is 9.66 Å². The summed E-state index contributed by atoms with van der Waals surface area (Å²) in [6.45, 7) is 10.3. The highest BCUT2D eigenvalue weighted by Gasteiger charge is 2.20. The fourth-order valence-corrected chi connectivity index (χ4v) is 5.61. The molecule has 0 atom stereocenters. The number of rotatable bonds is 11. The molecule has 1 amide bonds. The number of ether oxygens (including phenoxy) is 3. The van der Waals surface area contributed by atoms with Gasteiger partial charge in [-0.1, -0.05) is 59.6 Å². The van der Waals surface area contributed by atoms with Crippen LogP contribution in [-0.4, -0.2) is 42.1 Å². The molecular weight excluding hydrogens is 660 g/mol. The number of methoxy groups -OCH3 is 1. The van der Waals surface area contributed by atoms with E-state index in [0.717, 1.165) is 28.0 Å². The summed E-state index contributed by atoms with van der Waals surface area (Å²) in [6, 6.07) is 22.2. The number of anilines is 1. The number of benzene rings is 4. The van der Waals surface area contributed by atoms with E-state index in [4.69, 9.17) is 19.2 Å². The molecular formula is C37H37BrN4O5. The molecule has 0 unspecified atom stereocenters. The van der Waals surface area contributed by atoms with Crippen LogP contribution in [0.4, 0.5) is 5.69 Å². The van der Waals surface area contributed by atoms with Gasteiger partial charge in [-0.3, -0.25) is 9.59 Å². The van der Waals surface area contributed by atoms with Crippen molar-refractivity contribution in [3.8, 4) is 28.6 Å². The van der Waals surface area contributed by atoms with Crippen molar-refractivity contribution in [1.29, 1.82) is 0 Å². The molecule has 1 heterocycles. The van der Waals surface area contributed by atoms with Crippen molar-refractivity contribution < 1.29 is 19.0 Å². The predicted octanol–water partition coefficient (Wildman–Crippen LogP) is 7.87. The van der Waals surface area contributed by atoms with Crippen LogP contribution in [0.25, 0.3) is 22.3 Å². The van der Waals surface area contributed by atoms with Gasteiger partial charge in [0.25, 0.3) is 11.5 Å². The summed E-state index contributed by atoms with van der Waals surface area (Å²) in [5, 5.41) is 7.95. The number of para-hydroxylation sites is 1. The maximum Gasteiger partial charge on any atom is 0.282 e. The molecule has 5 rings (SSSR count). The van der Waals surface area contributed by atoms with Gasteiger partial charge in [-0.15, -0.1) is 0 Å². The minimum atomic E-state index is -0.342. The zero-order valence-corrected chi connectivity index (χ0v) is 28.8. The average molecular weight is 698 g/mol. The lowest BCUT2D eigenvalue weighted by atomic mass is 9.96. The lowest BCUT2D eigenvalue weighted by Crippen LogP contribution is -2.21. The summed E-state index contributed by atoms with van der Waals surface area (Å²) in [5.41, 5.74) is 5.11. The quantitative estimate of drug-likeness (QED) is 0.141. The van der Waals surface area contributed by atoms with Gasteiger partial charge < -0.3 is 19.5 Å². The van der Waals surface area contributed by atoms with Crippen molar-refractivity contribution in [2.75, 3.05) is 25.6 Å². The number of halogens is 1. The molecule has 0 fully saturated rings. The zero-order chi connectivity index (χ0) is 33.7. The number of hydrogen-bond donors (Lipinski definition) is 1. The van der Waals surface area contributed by atoms with Gasteiger partial charge in [-0.05, 0) is 86.3 Å². The number of carbonyl (C=O) groups is 1. The van der Waals surface area contributed by atoms with Crippen LogP contribution in [0.1, 0.15) is 48.9 Å². The second kappa shape index (κ2) is 14.6. The van der Waals surface area contributed by atoms with Gasteiger partial charge in [0.05, 0.1) is 30.8 Å². The van der Waals surface area contributed by atoms with E-state index in [0.29, 0.717) is 50.6 Å². The van der Waals surface area contributed by atoms with E-state index in [1.807, 2.05) is 69.3 Å². The first-order chi connectivity index (χ1) is 22.6. The third kappa shape index (κ3) is 7.55. The van der Waals surface area contributed by atoms with Gasteiger partial charge in [-0.25, -0.2) is 4.98 Å². The maximum atomic E-state index is 14.0. The second-order valence-corrected chi connectivity index (χ2v) is 12.3. The number of hydrogen-bond acceptors (Lipinski definition) is 7. The maximum absolute atomic E-state index is 14.0. The second-order valence-electron chi connectivity index (χ2n) is 11.3. The lowest BCUT2D eigenvalue weighted by molar-refractivity contribution is -0.118. The van der Waals surface area contributed by atoms with Crippen LogP contribution in [0, 0.1) is 13.8 Å². The molecule has 0 radical (unpaired) electrons. The Labute approximate surface area is 282 Å². The Morgan fingerprint density at radius 2 is 1.77 bits per heavy atom. The molecule has 1 aromatic heterocycles. The third-order valence-electron chi connectivity index (χ3n) is 7.54. The molecule has 0 bridgehead atoms. The minimum absolute atomic E-state index is 0.164. The van der Waals surface area contributed by atoms with Gasteiger partial charge in [-0.2, -0.15) is 9.78 Å². The molecule has 5 aromatic rings. The molecule has 9 nitrogen and oxygen atoms in total. The molecule has 10 heteroatoms. The zero-order valence-electron chi connectivity index (χ0n) is 27.3. The van der Waals surface area contributed by atoms with Crippen molar-refractivity contribution >= 4 is 44.6 Å². The van der Waals surface area contributed by atoms with Crippen LogP contribution in [0.2, 0.25) is 0 Å². The van der Waals surface area contributed by atoms with Crippen molar-refractivity contribution in [3.63, 3.8) is 0 Å². The van der Waals surface area contributed by atoms with Crippen LogP contribution in [0.15, 0.2) is 87.2 Å². The molecule has 0 saturated heterocycles. The van der Waals surface area contributed by atoms with Crippen LogP contribution in [0.3, 0.4) is 0 Å². The topological polar surface area (TPSA) is 104 Å². The fraction of sp³-hybridized carbons (Fsp3) is 0.243. The Kier molecular flexibility index (Phi) is 10.4. The van der Waals surface area contributed by atoms with E-state index < -0.39 is 0 Å². The van der Waals surface area contributed by atoms with E-state index in [1.165, 1.54) is 18.0 Å². The number of carbonyl (C=O) groups excluding carboxylic acids is 1. The number of aromatic nitrogens is 2. The smallest absolute Gasteiger partial charge is 0.282 e. The molecule has 1 N–H and O–H groups in total. The Morgan fingerprint density at radius 3 is 2.47 bits per heavy atom.